The molecule has 0 unspecified atom stereocenters. The Balaban J connectivity index is 1.32. The van der Waals surface area contributed by atoms with Gasteiger partial charge < -0.3 is 9.84 Å². The van der Waals surface area contributed by atoms with Gasteiger partial charge >= 0.3 is 0 Å². The molecule has 0 bridgehead atoms. The highest BCUT2D eigenvalue weighted by Crippen LogP contribution is 2.29. The lowest BCUT2D eigenvalue weighted by molar-refractivity contribution is -0.121. The van der Waals surface area contributed by atoms with E-state index in [1.807, 2.05) is 32.0 Å². The molecule has 1 aliphatic heterocycles. The average Bonchev–Trinajstić information content (AvgIpc) is 3.20. The molecule has 3 aromatic rings. The highest BCUT2D eigenvalue weighted by Gasteiger charge is 2.26. The number of nitrogens with zero attached hydrogens (tertiary/aromatic N) is 3. The molecule has 0 radical (unpaired) electrons. The zero-order valence-corrected chi connectivity index (χ0v) is 19.0. The van der Waals surface area contributed by atoms with E-state index in [1.165, 1.54) is 5.56 Å². The smallest absolute Gasteiger partial charge is 0.241 e. The number of likely N-dealkylation sites (tertiary alicyclic amines) is 1. The molecule has 0 atom stereocenters. The summed E-state index contributed by atoms with van der Waals surface area (Å²) in [6.45, 7) is 6.22. The summed E-state index contributed by atoms with van der Waals surface area (Å²) in [6, 6.07) is 11.1. The molecule has 2 aromatic carbocycles. The van der Waals surface area contributed by atoms with E-state index >= 15 is 0 Å². The summed E-state index contributed by atoms with van der Waals surface area (Å²) in [6.07, 6.45) is 1.58. The van der Waals surface area contributed by atoms with Crippen molar-refractivity contribution in [3.8, 4) is 11.4 Å². The van der Waals surface area contributed by atoms with Crippen LogP contribution in [0.15, 0.2) is 40.9 Å². The van der Waals surface area contributed by atoms with E-state index in [9.17, 15) is 4.79 Å². The number of anilines is 1. The molecule has 1 amide bonds. The number of amides is 1. The van der Waals surface area contributed by atoms with Gasteiger partial charge in [-0.15, -0.1) is 0 Å². The van der Waals surface area contributed by atoms with Crippen molar-refractivity contribution in [1.82, 2.24) is 15.0 Å². The molecule has 2 heterocycles. The number of hydrogen-bond acceptors (Lipinski definition) is 5. The van der Waals surface area contributed by atoms with Crippen LogP contribution in [0.2, 0.25) is 10.0 Å². The number of halogens is 2. The van der Waals surface area contributed by atoms with E-state index in [2.05, 4.69) is 20.4 Å². The van der Waals surface area contributed by atoms with Crippen LogP contribution in [0, 0.1) is 19.8 Å². The van der Waals surface area contributed by atoms with Crippen molar-refractivity contribution in [2.45, 2.75) is 33.2 Å². The molecule has 0 saturated carbocycles. The first-order chi connectivity index (χ1) is 14.9. The van der Waals surface area contributed by atoms with Gasteiger partial charge in [0.05, 0.1) is 11.6 Å². The number of carbonyl (C=O) groups excluding carboxylic acids is 1. The summed E-state index contributed by atoms with van der Waals surface area (Å²) in [4.78, 5) is 19.4. The lowest BCUT2D eigenvalue weighted by Gasteiger charge is -2.30. The Hall–Kier alpha value is -2.41. The topological polar surface area (TPSA) is 71.3 Å². The van der Waals surface area contributed by atoms with Gasteiger partial charge in [-0.05, 0) is 75.2 Å². The summed E-state index contributed by atoms with van der Waals surface area (Å²) >= 11 is 12.2. The Morgan fingerprint density at radius 3 is 2.71 bits per heavy atom. The number of piperidine rings is 1. The predicted octanol–water partition coefficient (Wildman–Crippen LogP) is 5.51. The third-order valence-electron chi connectivity index (χ3n) is 5.82. The van der Waals surface area contributed by atoms with Gasteiger partial charge in [0.25, 0.3) is 0 Å². The van der Waals surface area contributed by atoms with Gasteiger partial charge in [0, 0.05) is 22.2 Å². The fourth-order valence-corrected chi connectivity index (χ4v) is 4.26. The van der Waals surface area contributed by atoms with Gasteiger partial charge in [0.15, 0.2) is 0 Å². The Morgan fingerprint density at radius 2 is 1.97 bits per heavy atom. The molecule has 1 aromatic heterocycles. The molecule has 6 nitrogen and oxygen atoms in total. The number of benzene rings is 2. The highest BCUT2D eigenvalue weighted by atomic mass is 35.5. The van der Waals surface area contributed by atoms with Crippen LogP contribution >= 0.6 is 23.2 Å². The van der Waals surface area contributed by atoms with Crippen LogP contribution in [0.25, 0.3) is 11.4 Å². The van der Waals surface area contributed by atoms with Crippen LogP contribution in [-0.4, -0.2) is 34.0 Å². The Labute approximate surface area is 191 Å². The van der Waals surface area contributed by atoms with Crippen LogP contribution in [0.1, 0.15) is 29.9 Å². The minimum Gasteiger partial charge on any atom is -0.338 e. The van der Waals surface area contributed by atoms with Gasteiger partial charge in [0.2, 0.25) is 17.6 Å². The second-order valence-corrected chi connectivity index (χ2v) is 8.77. The van der Waals surface area contributed by atoms with E-state index in [0.717, 1.165) is 37.2 Å². The van der Waals surface area contributed by atoms with Crippen molar-refractivity contribution in [1.29, 1.82) is 0 Å². The van der Waals surface area contributed by atoms with Crippen LogP contribution < -0.4 is 5.32 Å². The number of hydrogen-bond donors (Lipinski definition) is 1. The molecule has 0 spiro atoms. The third kappa shape index (κ3) is 5.09. The second kappa shape index (κ2) is 9.39. The first-order valence-electron chi connectivity index (χ1n) is 10.3. The van der Waals surface area contributed by atoms with Gasteiger partial charge in [-0.2, -0.15) is 4.98 Å². The standard InChI is InChI=1S/C23H24Cl2N4O2/c1-14-4-3-5-20(15(14)2)26-23(30)16-8-10-29(11-9-16)13-21-27-22(28-31-21)18-7-6-17(24)12-19(18)25/h3-7,12,16H,8-11,13H2,1-2H3,(H,26,30). The van der Waals surface area contributed by atoms with E-state index < -0.39 is 0 Å². The first kappa shape index (κ1) is 21.8. The van der Waals surface area contributed by atoms with Gasteiger partial charge in [-0.3, -0.25) is 9.69 Å². The van der Waals surface area contributed by atoms with Crippen LogP contribution in [0.3, 0.4) is 0 Å². The van der Waals surface area contributed by atoms with Crippen LogP contribution in [0.5, 0.6) is 0 Å². The minimum absolute atomic E-state index is 0.00211. The van der Waals surface area contributed by atoms with Gasteiger partial charge in [-0.1, -0.05) is 40.5 Å². The maximum Gasteiger partial charge on any atom is 0.241 e. The fourth-order valence-electron chi connectivity index (χ4n) is 3.77. The van der Waals surface area contributed by atoms with Crippen molar-refractivity contribution in [2.24, 2.45) is 5.92 Å². The molecule has 8 heteroatoms. The Morgan fingerprint density at radius 1 is 1.19 bits per heavy atom. The fraction of sp³-hybridized carbons (Fsp3) is 0.348. The number of carbonyl (C=O) groups is 1. The van der Waals surface area contributed by atoms with Crippen molar-refractivity contribution < 1.29 is 9.32 Å². The van der Waals surface area contributed by atoms with Crippen molar-refractivity contribution in [3.05, 3.63) is 63.5 Å². The lowest BCUT2D eigenvalue weighted by Crippen LogP contribution is -2.37. The molecule has 1 fully saturated rings. The molecule has 0 aliphatic carbocycles. The van der Waals surface area contributed by atoms with E-state index in [1.54, 1.807) is 18.2 Å². The Bertz CT molecular complexity index is 1090. The van der Waals surface area contributed by atoms with E-state index in [-0.39, 0.29) is 11.8 Å². The molecule has 31 heavy (non-hydrogen) atoms. The quantitative estimate of drug-likeness (QED) is 0.545. The zero-order chi connectivity index (χ0) is 22.0. The number of aryl methyl sites for hydroxylation is 1. The lowest BCUT2D eigenvalue weighted by atomic mass is 9.95. The number of rotatable bonds is 5. The van der Waals surface area contributed by atoms with Crippen LogP contribution in [-0.2, 0) is 11.3 Å². The summed E-state index contributed by atoms with van der Waals surface area (Å²) < 4.78 is 5.41. The van der Waals surface area contributed by atoms with Crippen molar-refractivity contribution in [2.75, 3.05) is 18.4 Å². The summed E-state index contributed by atoms with van der Waals surface area (Å²) in [5.74, 6) is 1.06. The van der Waals surface area contributed by atoms with Crippen molar-refractivity contribution in [3.63, 3.8) is 0 Å². The van der Waals surface area contributed by atoms with Gasteiger partial charge in [0.1, 0.15) is 0 Å². The zero-order valence-electron chi connectivity index (χ0n) is 17.5. The molecule has 1 saturated heterocycles. The molecule has 162 valence electrons. The van der Waals surface area contributed by atoms with E-state index in [0.29, 0.717) is 33.9 Å². The molecule has 1 aliphatic rings. The van der Waals surface area contributed by atoms with Gasteiger partial charge in [-0.25, -0.2) is 0 Å². The normalized spacial score (nSPS) is 15.2. The summed E-state index contributed by atoms with van der Waals surface area (Å²) in [7, 11) is 0. The average molecular weight is 459 g/mol. The summed E-state index contributed by atoms with van der Waals surface area (Å²) in [5, 5.41) is 8.18. The molecular weight excluding hydrogens is 435 g/mol. The Kier molecular flexibility index (Phi) is 6.60. The molecule has 1 N–H and O–H groups in total. The van der Waals surface area contributed by atoms with Crippen LogP contribution in [0.4, 0.5) is 5.69 Å². The maximum atomic E-state index is 12.7. The van der Waals surface area contributed by atoms with E-state index in [4.69, 9.17) is 27.7 Å². The number of nitrogens with one attached hydrogen (secondary N) is 1. The van der Waals surface area contributed by atoms with Crippen molar-refractivity contribution >= 4 is 34.8 Å². The largest absolute Gasteiger partial charge is 0.338 e. The highest BCUT2D eigenvalue weighted by molar-refractivity contribution is 6.36. The predicted molar refractivity (Wildman–Crippen MR) is 122 cm³/mol. The number of aromatic nitrogens is 2. The second-order valence-electron chi connectivity index (χ2n) is 7.92. The molecule has 4 rings (SSSR count). The minimum atomic E-state index is 0.00211. The molecular formula is C23H24Cl2N4O2. The third-order valence-corrected chi connectivity index (χ3v) is 6.37. The monoisotopic (exact) mass is 458 g/mol. The first-order valence-corrected chi connectivity index (χ1v) is 11.0. The SMILES string of the molecule is Cc1cccc(NC(=O)C2CCN(Cc3nc(-c4ccc(Cl)cc4Cl)no3)CC2)c1C. The summed E-state index contributed by atoms with van der Waals surface area (Å²) in [5.41, 5.74) is 3.86. The maximum absolute atomic E-state index is 12.7.